The van der Waals surface area contributed by atoms with E-state index < -0.39 is 5.97 Å². The third-order valence-electron chi connectivity index (χ3n) is 2.54. The van der Waals surface area contributed by atoms with Crippen LogP contribution in [0, 0.1) is 6.92 Å². The minimum atomic E-state index is -1.08. The highest BCUT2D eigenvalue weighted by Gasteiger charge is 2.18. The summed E-state index contributed by atoms with van der Waals surface area (Å²) in [6.07, 6.45) is 0. The van der Waals surface area contributed by atoms with E-state index >= 15 is 0 Å². The molecule has 1 aromatic heterocycles. The molecule has 0 saturated carbocycles. The van der Waals surface area contributed by atoms with Crippen LogP contribution in [0.3, 0.4) is 0 Å². The van der Waals surface area contributed by atoms with E-state index in [4.69, 9.17) is 19.3 Å². The average molecular weight is 295 g/mol. The quantitative estimate of drug-likeness (QED) is 0.913. The lowest BCUT2D eigenvalue weighted by Crippen LogP contribution is -1.98. The Labute approximate surface area is 119 Å². The Balaban J connectivity index is 2.35. The van der Waals surface area contributed by atoms with Crippen molar-refractivity contribution in [2.75, 3.05) is 14.2 Å². The number of benzene rings is 1. The van der Waals surface area contributed by atoms with Crippen LogP contribution in [0.4, 0.5) is 0 Å². The molecule has 0 atom stereocenters. The number of rotatable bonds is 5. The summed E-state index contributed by atoms with van der Waals surface area (Å²) in [6, 6.07) is 5.18. The van der Waals surface area contributed by atoms with Crippen LogP contribution in [0.1, 0.15) is 15.4 Å². The number of aromatic nitrogens is 1. The molecule has 0 unspecified atom stereocenters. The Morgan fingerprint density at radius 3 is 2.50 bits per heavy atom. The van der Waals surface area contributed by atoms with E-state index in [0.717, 1.165) is 11.3 Å². The zero-order valence-electron chi connectivity index (χ0n) is 11.2. The molecule has 2 rings (SSSR count). The summed E-state index contributed by atoms with van der Waals surface area (Å²) in [5.41, 5.74) is -0.00753. The second-order valence-electron chi connectivity index (χ2n) is 3.78. The van der Waals surface area contributed by atoms with Crippen LogP contribution in [0.15, 0.2) is 18.2 Å². The predicted molar refractivity (Wildman–Crippen MR) is 73.4 cm³/mol. The molecule has 106 valence electrons. The number of thiazole rings is 1. The zero-order chi connectivity index (χ0) is 14.7. The molecule has 1 heterocycles. The van der Waals surface area contributed by atoms with Crippen molar-refractivity contribution in [1.82, 2.24) is 4.98 Å². The largest absolute Gasteiger partial charge is 0.493 e. The average Bonchev–Trinajstić information content (AvgIpc) is 2.79. The van der Waals surface area contributed by atoms with Gasteiger partial charge in [-0.05, 0) is 19.1 Å². The lowest BCUT2D eigenvalue weighted by Gasteiger charge is -2.11. The molecule has 0 aliphatic rings. The van der Waals surface area contributed by atoms with Gasteiger partial charge in [-0.3, -0.25) is 0 Å². The summed E-state index contributed by atoms with van der Waals surface area (Å²) in [4.78, 5) is 15.5. The fraction of sp³-hybridized carbons (Fsp3) is 0.231. The van der Waals surface area contributed by atoms with E-state index in [9.17, 15) is 4.79 Å². The molecule has 0 amide bonds. The lowest BCUT2D eigenvalue weighted by atomic mass is 10.3. The number of hydrogen-bond acceptors (Lipinski definition) is 6. The normalized spacial score (nSPS) is 10.2. The van der Waals surface area contributed by atoms with E-state index in [1.807, 2.05) is 0 Å². The molecule has 0 saturated heterocycles. The molecule has 7 heteroatoms. The first-order valence-electron chi connectivity index (χ1n) is 5.66. The van der Waals surface area contributed by atoms with Gasteiger partial charge in [0.2, 0.25) is 5.75 Å². The van der Waals surface area contributed by atoms with Crippen molar-refractivity contribution in [2.45, 2.75) is 6.92 Å². The Hall–Kier alpha value is -2.28. The van der Waals surface area contributed by atoms with Gasteiger partial charge < -0.3 is 19.3 Å². The summed E-state index contributed by atoms with van der Waals surface area (Å²) < 4.78 is 16.0. The smallest absolute Gasteiger partial charge is 0.355 e. The summed E-state index contributed by atoms with van der Waals surface area (Å²) >= 11 is 1.16. The second kappa shape index (κ2) is 5.79. The van der Waals surface area contributed by atoms with Crippen molar-refractivity contribution < 1.29 is 24.1 Å². The van der Waals surface area contributed by atoms with Crippen LogP contribution in [0.25, 0.3) is 0 Å². The maximum Gasteiger partial charge on any atom is 0.355 e. The van der Waals surface area contributed by atoms with E-state index in [2.05, 4.69) is 4.98 Å². The van der Waals surface area contributed by atoms with Crippen molar-refractivity contribution in [1.29, 1.82) is 0 Å². The van der Waals surface area contributed by atoms with Gasteiger partial charge in [-0.2, -0.15) is 4.98 Å². The van der Waals surface area contributed by atoms with Gasteiger partial charge in [0.1, 0.15) is 0 Å². The first kappa shape index (κ1) is 14.1. The summed E-state index contributed by atoms with van der Waals surface area (Å²) in [5.74, 6) is 0.292. The highest BCUT2D eigenvalue weighted by molar-refractivity contribution is 7.13. The van der Waals surface area contributed by atoms with Gasteiger partial charge in [0, 0.05) is 4.88 Å². The maximum atomic E-state index is 11.0. The highest BCUT2D eigenvalue weighted by atomic mass is 32.1. The van der Waals surface area contributed by atoms with Gasteiger partial charge in [0.05, 0.1) is 14.2 Å². The van der Waals surface area contributed by atoms with Gasteiger partial charge in [-0.15, -0.1) is 0 Å². The summed E-state index contributed by atoms with van der Waals surface area (Å²) in [5, 5.41) is 9.21. The zero-order valence-corrected chi connectivity index (χ0v) is 12.0. The highest BCUT2D eigenvalue weighted by Crippen LogP contribution is 2.40. The van der Waals surface area contributed by atoms with Crippen LogP contribution in [0.2, 0.25) is 0 Å². The van der Waals surface area contributed by atoms with Crippen LogP contribution in [-0.4, -0.2) is 30.3 Å². The molecule has 1 aromatic carbocycles. The molecule has 2 aromatic rings. The van der Waals surface area contributed by atoms with Crippen LogP contribution in [0.5, 0.6) is 22.4 Å². The SMILES string of the molecule is COc1cccc(Oc2nc(C(=O)O)c(C)s2)c1OC. The fourth-order valence-electron chi connectivity index (χ4n) is 1.65. The Morgan fingerprint density at radius 1 is 1.25 bits per heavy atom. The maximum absolute atomic E-state index is 11.0. The first-order valence-corrected chi connectivity index (χ1v) is 6.48. The number of methoxy groups -OCH3 is 2. The molecule has 0 aliphatic heterocycles. The molecule has 1 N–H and O–H groups in total. The van der Waals surface area contributed by atoms with Crippen molar-refractivity contribution in [3.63, 3.8) is 0 Å². The molecular weight excluding hydrogens is 282 g/mol. The number of hydrogen-bond donors (Lipinski definition) is 1. The molecular formula is C13H13NO5S. The Kier molecular flexibility index (Phi) is 4.09. The van der Waals surface area contributed by atoms with Crippen LogP contribution >= 0.6 is 11.3 Å². The van der Waals surface area contributed by atoms with Crippen molar-refractivity contribution in [3.8, 4) is 22.4 Å². The van der Waals surface area contributed by atoms with Gasteiger partial charge >= 0.3 is 5.97 Å². The number of para-hydroxylation sites is 1. The first-order chi connectivity index (χ1) is 9.56. The van der Waals surface area contributed by atoms with Crippen LogP contribution in [-0.2, 0) is 0 Å². The van der Waals surface area contributed by atoms with Gasteiger partial charge in [0.15, 0.2) is 17.2 Å². The predicted octanol–water partition coefficient (Wildman–Crippen LogP) is 2.96. The lowest BCUT2D eigenvalue weighted by molar-refractivity contribution is 0.0690. The molecule has 0 spiro atoms. The number of carboxylic acids is 1. The van der Waals surface area contributed by atoms with Crippen molar-refractivity contribution >= 4 is 17.3 Å². The van der Waals surface area contributed by atoms with Gasteiger partial charge in [-0.1, -0.05) is 17.4 Å². The number of carbonyl (C=O) groups is 1. The number of ether oxygens (including phenoxy) is 3. The van der Waals surface area contributed by atoms with E-state index in [0.29, 0.717) is 22.1 Å². The van der Waals surface area contributed by atoms with E-state index in [-0.39, 0.29) is 10.9 Å². The minimum Gasteiger partial charge on any atom is -0.493 e. The molecule has 0 bridgehead atoms. The topological polar surface area (TPSA) is 77.9 Å². The van der Waals surface area contributed by atoms with Gasteiger partial charge in [0.25, 0.3) is 5.19 Å². The van der Waals surface area contributed by atoms with Gasteiger partial charge in [-0.25, -0.2) is 4.79 Å². The number of aromatic carboxylic acids is 1. The summed E-state index contributed by atoms with van der Waals surface area (Å²) in [6.45, 7) is 1.68. The number of nitrogens with zero attached hydrogens (tertiary/aromatic N) is 1. The molecule has 20 heavy (non-hydrogen) atoms. The Bertz CT molecular complexity index is 638. The van der Waals surface area contributed by atoms with Crippen molar-refractivity contribution in [2.24, 2.45) is 0 Å². The second-order valence-corrected chi connectivity index (χ2v) is 4.95. The monoisotopic (exact) mass is 295 g/mol. The molecule has 0 fully saturated rings. The van der Waals surface area contributed by atoms with Crippen molar-refractivity contribution in [3.05, 3.63) is 28.8 Å². The molecule has 6 nitrogen and oxygen atoms in total. The number of aryl methyl sites for hydroxylation is 1. The molecule has 0 aliphatic carbocycles. The van der Waals surface area contributed by atoms with E-state index in [1.54, 1.807) is 25.1 Å². The fourth-order valence-corrected chi connectivity index (χ4v) is 2.41. The minimum absolute atomic E-state index is 0.00753. The number of carboxylic acid groups (broad SMARTS) is 1. The standard InChI is InChI=1S/C13H13NO5S/c1-7-10(12(15)16)14-13(20-7)19-9-6-4-5-8(17-2)11(9)18-3/h4-6H,1-3H3,(H,15,16). The Morgan fingerprint density at radius 2 is 1.95 bits per heavy atom. The summed E-state index contributed by atoms with van der Waals surface area (Å²) in [7, 11) is 3.03. The van der Waals surface area contributed by atoms with Crippen LogP contribution < -0.4 is 14.2 Å². The molecule has 0 radical (unpaired) electrons. The third kappa shape index (κ3) is 2.67. The van der Waals surface area contributed by atoms with E-state index in [1.165, 1.54) is 14.2 Å². The third-order valence-corrected chi connectivity index (χ3v) is 3.39.